The Balaban J connectivity index is 0.00000280. The van der Waals surface area contributed by atoms with Crippen molar-refractivity contribution in [2.24, 2.45) is 5.41 Å². The molecular weight excluding hydrogens is 386 g/mol. The molecule has 28 heavy (non-hydrogen) atoms. The molecule has 1 aromatic heterocycles. The number of benzene rings is 1. The molecule has 3 rings (SSSR count). The van der Waals surface area contributed by atoms with Crippen molar-refractivity contribution in [3.05, 3.63) is 53.4 Å². The minimum absolute atomic E-state index is 0. The van der Waals surface area contributed by atoms with Gasteiger partial charge in [0.25, 0.3) is 5.91 Å². The minimum Gasteiger partial charge on any atom is -0.343 e. The Labute approximate surface area is 170 Å². The largest absolute Gasteiger partial charge is 0.343 e. The molecule has 1 saturated heterocycles. The molecule has 1 aliphatic heterocycles. The van der Waals surface area contributed by atoms with Gasteiger partial charge in [-0.2, -0.15) is 5.10 Å². The van der Waals surface area contributed by atoms with Gasteiger partial charge in [0.05, 0.1) is 12.1 Å². The summed E-state index contributed by atoms with van der Waals surface area (Å²) in [6.45, 7) is 7.52. The smallest absolute Gasteiger partial charge is 0.272 e. The van der Waals surface area contributed by atoms with E-state index in [1.54, 1.807) is 12.3 Å². The lowest BCUT2D eigenvalue weighted by atomic mass is 9.82. The summed E-state index contributed by atoms with van der Waals surface area (Å²) in [7, 11) is 0. The molecule has 2 N–H and O–H groups in total. The van der Waals surface area contributed by atoms with Crippen LogP contribution in [0.4, 0.5) is 8.78 Å². The Kier molecular flexibility index (Phi) is 7.17. The average molecular weight is 413 g/mol. The van der Waals surface area contributed by atoms with Gasteiger partial charge in [-0.3, -0.25) is 9.48 Å². The van der Waals surface area contributed by atoms with Crippen LogP contribution in [0.25, 0.3) is 0 Å². The summed E-state index contributed by atoms with van der Waals surface area (Å²) in [6, 6.07) is 4.71. The number of halogens is 3. The second kappa shape index (κ2) is 9.01. The predicted octanol–water partition coefficient (Wildman–Crippen LogP) is 4.02. The van der Waals surface area contributed by atoms with E-state index < -0.39 is 23.1 Å². The molecule has 2 unspecified atom stereocenters. The summed E-state index contributed by atoms with van der Waals surface area (Å²) in [6.07, 6.45) is 3.89. The maximum Gasteiger partial charge on any atom is 0.272 e. The third-order valence-electron chi connectivity index (χ3n) is 4.90. The number of amides is 1. The van der Waals surface area contributed by atoms with Crippen LogP contribution in [0.1, 0.15) is 61.7 Å². The molecular formula is C20H27ClF2N4O. The number of aromatic nitrogens is 2. The van der Waals surface area contributed by atoms with Crippen molar-refractivity contribution in [1.29, 1.82) is 0 Å². The van der Waals surface area contributed by atoms with Crippen molar-refractivity contribution in [2.75, 3.05) is 13.1 Å². The molecule has 0 bridgehead atoms. The van der Waals surface area contributed by atoms with Crippen LogP contribution < -0.4 is 10.6 Å². The van der Waals surface area contributed by atoms with Crippen LogP contribution in [0.15, 0.2) is 30.5 Å². The van der Waals surface area contributed by atoms with Gasteiger partial charge in [-0.25, -0.2) is 8.78 Å². The first-order valence-corrected chi connectivity index (χ1v) is 9.27. The van der Waals surface area contributed by atoms with Crippen molar-refractivity contribution in [1.82, 2.24) is 20.4 Å². The molecule has 8 heteroatoms. The van der Waals surface area contributed by atoms with Crippen molar-refractivity contribution >= 4 is 18.3 Å². The number of hydrogen-bond donors (Lipinski definition) is 2. The van der Waals surface area contributed by atoms with E-state index in [1.165, 1.54) is 12.1 Å². The van der Waals surface area contributed by atoms with Crippen LogP contribution in [0, 0.1) is 17.0 Å². The van der Waals surface area contributed by atoms with E-state index in [9.17, 15) is 13.6 Å². The summed E-state index contributed by atoms with van der Waals surface area (Å²) in [5, 5.41) is 10.6. The molecule has 5 nitrogen and oxygen atoms in total. The second-order valence-electron chi connectivity index (χ2n) is 8.12. The Bertz CT molecular complexity index is 813. The maximum atomic E-state index is 14.3. The molecule has 0 saturated carbocycles. The van der Waals surface area contributed by atoms with Gasteiger partial charge < -0.3 is 10.6 Å². The van der Waals surface area contributed by atoms with Crippen LogP contribution in [0.2, 0.25) is 0 Å². The molecule has 1 aromatic carbocycles. The number of nitrogens with zero attached hydrogens (tertiary/aromatic N) is 2. The molecule has 2 atom stereocenters. The van der Waals surface area contributed by atoms with E-state index in [0.717, 1.165) is 32.0 Å². The van der Waals surface area contributed by atoms with Gasteiger partial charge in [-0.05, 0) is 36.9 Å². The van der Waals surface area contributed by atoms with Gasteiger partial charge in [0.2, 0.25) is 0 Å². The first kappa shape index (κ1) is 22.3. The number of hydrogen-bond acceptors (Lipinski definition) is 3. The first-order chi connectivity index (χ1) is 12.8. The van der Waals surface area contributed by atoms with Gasteiger partial charge >= 0.3 is 0 Å². The number of carbonyl (C=O) groups excluding carboxylic acids is 1. The third-order valence-corrected chi connectivity index (χ3v) is 4.90. The summed E-state index contributed by atoms with van der Waals surface area (Å²) < 4.78 is 29.4. The Morgan fingerprint density at radius 3 is 2.68 bits per heavy atom. The maximum absolute atomic E-state index is 14.3. The number of piperidine rings is 1. The van der Waals surface area contributed by atoms with Crippen LogP contribution in [-0.4, -0.2) is 28.8 Å². The normalized spacial score (nSPS) is 18.2. The molecule has 0 aliphatic carbocycles. The summed E-state index contributed by atoms with van der Waals surface area (Å²) >= 11 is 0. The van der Waals surface area contributed by atoms with Crippen LogP contribution in [0.5, 0.6) is 0 Å². The van der Waals surface area contributed by atoms with E-state index in [-0.39, 0.29) is 35.6 Å². The lowest BCUT2D eigenvalue weighted by Gasteiger charge is -2.32. The SMILES string of the molecule is CC(C)(C)C(NC(=O)c1ccn(C2CCCNC2)n1)c1ccc(F)cc1F.Cl. The van der Waals surface area contributed by atoms with E-state index in [2.05, 4.69) is 15.7 Å². The van der Waals surface area contributed by atoms with Gasteiger partial charge in [-0.15, -0.1) is 12.4 Å². The fourth-order valence-electron chi connectivity index (χ4n) is 3.42. The Hall–Kier alpha value is -1.99. The molecule has 0 radical (unpaired) electrons. The zero-order valence-corrected chi connectivity index (χ0v) is 17.2. The topological polar surface area (TPSA) is 59.0 Å². The summed E-state index contributed by atoms with van der Waals surface area (Å²) in [5.41, 5.74) is 0.0787. The Morgan fingerprint density at radius 1 is 1.32 bits per heavy atom. The van der Waals surface area contributed by atoms with E-state index in [1.807, 2.05) is 25.5 Å². The van der Waals surface area contributed by atoms with Crippen molar-refractivity contribution in [2.45, 2.75) is 45.7 Å². The van der Waals surface area contributed by atoms with Gasteiger partial charge in [-0.1, -0.05) is 26.8 Å². The monoisotopic (exact) mass is 412 g/mol. The van der Waals surface area contributed by atoms with Crippen molar-refractivity contribution in [3.63, 3.8) is 0 Å². The van der Waals surface area contributed by atoms with Crippen LogP contribution in [0.3, 0.4) is 0 Å². The van der Waals surface area contributed by atoms with Gasteiger partial charge in [0, 0.05) is 24.4 Å². The first-order valence-electron chi connectivity index (χ1n) is 9.27. The number of rotatable bonds is 4. The zero-order valence-electron chi connectivity index (χ0n) is 16.3. The van der Waals surface area contributed by atoms with Crippen LogP contribution in [-0.2, 0) is 0 Å². The Morgan fingerprint density at radius 2 is 2.07 bits per heavy atom. The van der Waals surface area contributed by atoms with Crippen molar-refractivity contribution < 1.29 is 13.6 Å². The lowest BCUT2D eigenvalue weighted by Crippen LogP contribution is -2.37. The highest BCUT2D eigenvalue weighted by Gasteiger charge is 2.31. The highest BCUT2D eigenvalue weighted by Crippen LogP contribution is 2.34. The van der Waals surface area contributed by atoms with E-state index in [0.29, 0.717) is 0 Å². The number of nitrogens with one attached hydrogen (secondary N) is 2. The fourth-order valence-corrected chi connectivity index (χ4v) is 3.42. The van der Waals surface area contributed by atoms with E-state index in [4.69, 9.17) is 0 Å². The zero-order chi connectivity index (χ0) is 19.6. The lowest BCUT2D eigenvalue weighted by molar-refractivity contribution is 0.0893. The van der Waals surface area contributed by atoms with Gasteiger partial charge in [0.1, 0.15) is 17.3 Å². The van der Waals surface area contributed by atoms with E-state index >= 15 is 0 Å². The fraction of sp³-hybridized carbons (Fsp3) is 0.500. The summed E-state index contributed by atoms with van der Waals surface area (Å²) in [5.74, 6) is -1.69. The van der Waals surface area contributed by atoms with Crippen LogP contribution >= 0.6 is 12.4 Å². The molecule has 1 fully saturated rings. The molecule has 0 spiro atoms. The van der Waals surface area contributed by atoms with Crippen molar-refractivity contribution in [3.8, 4) is 0 Å². The average Bonchev–Trinajstić information content (AvgIpc) is 3.10. The van der Waals surface area contributed by atoms with Gasteiger partial charge in [0.15, 0.2) is 0 Å². The second-order valence-corrected chi connectivity index (χ2v) is 8.12. The summed E-state index contributed by atoms with van der Waals surface area (Å²) in [4.78, 5) is 12.8. The number of carbonyl (C=O) groups is 1. The quantitative estimate of drug-likeness (QED) is 0.797. The molecule has 1 aliphatic rings. The molecule has 2 aromatic rings. The molecule has 2 heterocycles. The predicted molar refractivity (Wildman–Crippen MR) is 107 cm³/mol. The third kappa shape index (κ3) is 5.08. The standard InChI is InChI=1S/C20H26F2N4O.ClH/c1-20(2,3)18(15-7-6-13(21)11-16(15)22)24-19(27)17-8-10-26(25-17)14-5-4-9-23-12-14;/h6-8,10-11,14,18,23H,4-5,9,12H2,1-3H3,(H,24,27);1H. The minimum atomic E-state index is -0.672. The molecule has 154 valence electrons. The highest BCUT2D eigenvalue weighted by atomic mass is 35.5. The molecule has 1 amide bonds. The highest BCUT2D eigenvalue weighted by molar-refractivity contribution is 5.92.